The Morgan fingerprint density at radius 3 is 2.96 bits per heavy atom. The van der Waals surface area contributed by atoms with E-state index in [4.69, 9.17) is 4.74 Å². The van der Waals surface area contributed by atoms with Crippen molar-refractivity contribution in [2.75, 3.05) is 25.4 Å². The van der Waals surface area contributed by atoms with Crippen molar-refractivity contribution in [3.63, 3.8) is 0 Å². The number of nitrogens with one attached hydrogen (secondary N) is 2. The van der Waals surface area contributed by atoms with E-state index in [0.29, 0.717) is 18.7 Å². The van der Waals surface area contributed by atoms with Crippen LogP contribution >= 0.6 is 23.1 Å². The average Bonchev–Trinajstić information content (AvgIpc) is 3.40. The molecule has 1 amide bonds. The normalized spacial score (nSPS) is 16.9. The molecule has 1 aromatic carbocycles. The summed E-state index contributed by atoms with van der Waals surface area (Å²) in [6.45, 7) is 1.45. The highest BCUT2D eigenvalue weighted by molar-refractivity contribution is 7.98. The van der Waals surface area contributed by atoms with Gasteiger partial charge in [0.25, 0.3) is 5.91 Å². The fourth-order valence-electron chi connectivity index (χ4n) is 2.80. The van der Waals surface area contributed by atoms with E-state index in [9.17, 15) is 13.2 Å². The van der Waals surface area contributed by atoms with Crippen LogP contribution < -0.4 is 10.0 Å². The van der Waals surface area contributed by atoms with Crippen molar-refractivity contribution in [1.29, 1.82) is 0 Å². The molecule has 6 nitrogen and oxygen atoms in total. The Labute approximate surface area is 174 Å². The number of hydrogen-bond donors (Lipinski definition) is 2. The zero-order chi connectivity index (χ0) is 19.8. The maximum absolute atomic E-state index is 12.5. The molecule has 1 aliphatic rings. The Kier molecular flexibility index (Phi) is 7.92. The molecule has 0 bridgehead atoms. The van der Waals surface area contributed by atoms with E-state index in [0.717, 1.165) is 24.3 Å². The first-order chi connectivity index (χ1) is 13.5. The summed E-state index contributed by atoms with van der Waals surface area (Å²) >= 11 is 3.42. The van der Waals surface area contributed by atoms with Crippen LogP contribution in [0, 0.1) is 0 Å². The lowest BCUT2D eigenvalue weighted by atomic mass is 10.2. The van der Waals surface area contributed by atoms with Crippen LogP contribution in [-0.4, -0.2) is 45.9 Å². The van der Waals surface area contributed by atoms with E-state index in [2.05, 4.69) is 21.5 Å². The molecular weight excluding hydrogens is 416 g/mol. The summed E-state index contributed by atoms with van der Waals surface area (Å²) in [6, 6.07) is 8.19. The van der Waals surface area contributed by atoms with Crippen molar-refractivity contribution in [3.05, 3.63) is 52.2 Å². The molecule has 1 atom stereocenters. The number of amides is 1. The lowest BCUT2D eigenvalue weighted by Crippen LogP contribution is -2.32. The molecule has 1 fully saturated rings. The Morgan fingerprint density at radius 1 is 1.32 bits per heavy atom. The highest BCUT2D eigenvalue weighted by atomic mass is 32.2. The van der Waals surface area contributed by atoms with E-state index in [-0.39, 0.29) is 23.5 Å². The van der Waals surface area contributed by atoms with Crippen LogP contribution in [0.1, 0.15) is 28.8 Å². The van der Waals surface area contributed by atoms with E-state index in [1.54, 1.807) is 35.2 Å². The summed E-state index contributed by atoms with van der Waals surface area (Å²) in [5, 5.41) is 7.01. The van der Waals surface area contributed by atoms with E-state index in [1.807, 2.05) is 5.38 Å². The molecule has 1 aromatic heterocycles. The van der Waals surface area contributed by atoms with Crippen molar-refractivity contribution < 1.29 is 17.9 Å². The molecular formula is C19H24N2O4S3. The number of rotatable bonds is 10. The standard InChI is InChI=1S/C19H24N2O4S3/c22-19(20-7-10-27-14-15-6-9-26-13-15)16-3-1-5-18(11-16)28(23,24)21-12-17-4-2-8-25-17/h1,3,5-6,9,11,13,17,21H,2,4,7-8,10,12,14H2,(H,20,22). The number of hydrogen-bond acceptors (Lipinski definition) is 6. The Hall–Kier alpha value is -1.39. The molecule has 1 unspecified atom stereocenters. The van der Waals surface area contributed by atoms with Crippen molar-refractivity contribution in [2.24, 2.45) is 0 Å². The average molecular weight is 441 g/mol. The number of benzene rings is 1. The summed E-state index contributed by atoms with van der Waals surface area (Å²) in [5.41, 5.74) is 1.62. The molecule has 0 aliphatic carbocycles. The predicted octanol–water partition coefficient (Wildman–Crippen LogP) is 2.87. The molecule has 1 saturated heterocycles. The molecule has 0 radical (unpaired) electrons. The number of thiophene rings is 1. The van der Waals surface area contributed by atoms with Gasteiger partial charge in [-0.25, -0.2) is 13.1 Å². The summed E-state index contributed by atoms with van der Waals surface area (Å²) < 4.78 is 33.0. The van der Waals surface area contributed by atoms with Gasteiger partial charge in [-0.3, -0.25) is 4.79 Å². The Bertz CT molecular complexity index is 863. The molecule has 1 aliphatic heterocycles. The quantitative estimate of drug-likeness (QED) is 0.555. The smallest absolute Gasteiger partial charge is 0.251 e. The fourth-order valence-corrected chi connectivity index (χ4v) is 5.49. The Morgan fingerprint density at radius 2 is 2.21 bits per heavy atom. The molecule has 2 N–H and O–H groups in total. The number of carbonyl (C=O) groups excluding carboxylic acids is 1. The highest BCUT2D eigenvalue weighted by Gasteiger charge is 2.21. The second-order valence-corrected chi connectivity index (χ2v) is 10.1. The molecule has 28 heavy (non-hydrogen) atoms. The van der Waals surface area contributed by atoms with Gasteiger partial charge in [0.2, 0.25) is 10.0 Å². The second kappa shape index (κ2) is 10.4. The molecule has 152 valence electrons. The summed E-state index contributed by atoms with van der Waals surface area (Å²) in [5.74, 6) is 1.44. The maximum atomic E-state index is 12.5. The maximum Gasteiger partial charge on any atom is 0.251 e. The third kappa shape index (κ3) is 6.31. The van der Waals surface area contributed by atoms with E-state index < -0.39 is 10.0 Å². The fraction of sp³-hybridized carbons (Fsp3) is 0.421. The van der Waals surface area contributed by atoms with Gasteiger partial charge in [-0.2, -0.15) is 23.1 Å². The van der Waals surface area contributed by atoms with Gasteiger partial charge < -0.3 is 10.1 Å². The first-order valence-corrected chi connectivity index (χ1v) is 12.7. The highest BCUT2D eigenvalue weighted by Crippen LogP contribution is 2.16. The molecule has 0 saturated carbocycles. The van der Waals surface area contributed by atoms with Gasteiger partial charge in [0, 0.05) is 36.8 Å². The molecule has 3 rings (SSSR count). The van der Waals surface area contributed by atoms with Gasteiger partial charge in [0.15, 0.2) is 0 Å². The minimum absolute atomic E-state index is 0.0761. The van der Waals surface area contributed by atoms with E-state index in [1.165, 1.54) is 17.7 Å². The van der Waals surface area contributed by atoms with Gasteiger partial charge in [-0.15, -0.1) is 0 Å². The third-order valence-corrected chi connectivity index (χ3v) is 7.50. The van der Waals surface area contributed by atoms with Crippen LogP contribution in [0.4, 0.5) is 0 Å². The third-order valence-electron chi connectivity index (χ3n) is 4.31. The zero-order valence-electron chi connectivity index (χ0n) is 15.4. The molecule has 0 spiro atoms. The van der Waals surface area contributed by atoms with Crippen molar-refractivity contribution in [1.82, 2.24) is 10.0 Å². The molecule has 2 aromatic rings. The number of carbonyl (C=O) groups is 1. The lowest BCUT2D eigenvalue weighted by Gasteiger charge is -2.12. The van der Waals surface area contributed by atoms with E-state index >= 15 is 0 Å². The minimum Gasteiger partial charge on any atom is -0.377 e. The monoisotopic (exact) mass is 440 g/mol. The number of sulfonamides is 1. The Balaban J connectivity index is 1.47. The van der Waals surface area contributed by atoms with Gasteiger partial charge >= 0.3 is 0 Å². The van der Waals surface area contributed by atoms with Gasteiger partial charge in [-0.1, -0.05) is 6.07 Å². The topological polar surface area (TPSA) is 84.5 Å². The minimum atomic E-state index is -3.67. The van der Waals surface area contributed by atoms with Crippen LogP contribution in [0.3, 0.4) is 0 Å². The summed E-state index contributed by atoms with van der Waals surface area (Å²) in [4.78, 5) is 12.4. The van der Waals surface area contributed by atoms with Crippen LogP contribution in [-0.2, 0) is 20.5 Å². The van der Waals surface area contributed by atoms with Crippen LogP contribution in [0.2, 0.25) is 0 Å². The van der Waals surface area contributed by atoms with Crippen LogP contribution in [0.5, 0.6) is 0 Å². The molecule has 2 heterocycles. The van der Waals surface area contributed by atoms with Gasteiger partial charge in [0.1, 0.15) is 0 Å². The van der Waals surface area contributed by atoms with Crippen molar-refractivity contribution in [3.8, 4) is 0 Å². The lowest BCUT2D eigenvalue weighted by molar-refractivity contribution is 0.0956. The van der Waals surface area contributed by atoms with Crippen molar-refractivity contribution >= 4 is 39.0 Å². The number of thioether (sulfide) groups is 1. The number of ether oxygens (including phenoxy) is 1. The van der Waals surface area contributed by atoms with Crippen molar-refractivity contribution in [2.45, 2.75) is 29.6 Å². The second-order valence-electron chi connectivity index (χ2n) is 6.45. The summed E-state index contributed by atoms with van der Waals surface area (Å²) in [7, 11) is -3.67. The van der Waals surface area contributed by atoms with Gasteiger partial charge in [-0.05, 0) is 53.4 Å². The largest absolute Gasteiger partial charge is 0.377 e. The predicted molar refractivity (Wildman–Crippen MR) is 113 cm³/mol. The molecule has 9 heteroatoms. The SMILES string of the molecule is O=C(NCCSCc1ccsc1)c1cccc(S(=O)(=O)NCC2CCCO2)c1. The van der Waals surface area contributed by atoms with Gasteiger partial charge in [0.05, 0.1) is 11.0 Å². The zero-order valence-corrected chi connectivity index (χ0v) is 17.9. The summed E-state index contributed by atoms with van der Waals surface area (Å²) in [6.07, 6.45) is 1.73. The first kappa shape index (κ1) is 21.3. The van der Waals surface area contributed by atoms with Crippen LogP contribution in [0.15, 0.2) is 46.0 Å². The van der Waals surface area contributed by atoms with Crippen LogP contribution in [0.25, 0.3) is 0 Å². The first-order valence-electron chi connectivity index (χ1n) is 9.13.